The van der Waals surface area contributed by atoms with Crippen LogP contribution >= 0.6 is 0 Å². The predicted octanol–water partition coefficient (Wildman–Crippen LogP) is 3.53. The molecular formula is C23H30N4O3. The summed E-state index contributed by atoms with van der Waals surface area (Å²) in [4.78, 5) is 27.4. The lowest BCUT2D eigenvalue weighted by atomic mass is 9.81. The molecule has 160 valence electrons. The normalized spacial score (nSPS) is 24.0. The van der Waals surface area contributed by atoms with E-state index < -0.39 is 0 Å². The maximum Gasteiger partial charge on any atom is 0.272 e. The summed E-state index contributed by atoms with van der Waals surface area (Å²) in [5.74, 6) is 0.788. The first-order chi connectivity index (χ1) is 14.5. The number of aromatic nitrogens is 2. The fourth-order valence-electron chi connectivity index (χ4n) is 4.72. The van der Waals surface area contributed by atoms with E-state index in [1.54, 1.807) is 6.07 Å². The molecule has 2 fully saturated rings. The Kier molecular flexibility index (Phi) is 5.79. The average molecular weight is 411 g/mol. The lowest BCUT2D eigenvalue weighted by molar-refractivity contribution is -0.123. The Morgan fingerprint density at radius 3 is 3.00 bits per heavy atom. The molecule has 7 heteroatoms. The first-order valence-corrected chi connectivity index (χ1v) is 10.9. The minimum atomic E-state index is -0.370. The van der Waals surface area contributed by atoms with E-state index in [-0.39, 0.29) is 23.4 Å². The lowest BCUT2D eigenvalue weighted by Crippen LogP contribution is -2.63. The summed E-state index contributed by atoms with van der Waals surface area (Å²) in [5, 5.41) is 10.5. The van der Waals surface area contributed by atoms with E-state index in [9.17, 15) is 9.59 Å². The molecule has 0 bridgehead atoms. The Balaban J connectivity index is 1.58. The van der Waals surface area contributed by atoms with Crippen LogP contribution in [-0.4, -0.2) is 51.6 Å². The Hall–Kier alpha value is -2.83. The van der Waals surface area contributed by atoms with Crippen molar-refractivity contribution < 1.29 is 14.3 Å². The lowest BCUT2D eigenvalue weighted by Gasteiger charge is -2.47. The van der Waals surface area contributed by atoms with E-state index in [4.69, 9.17) is 4.74 Å². The van der Waals surface area contributed by atoms with Crippen molar-refractivity contribution in [2.24, 2.45) is 0 Å². The second-order valence-corrected chi connectivity index (χ2v) is 8.49. The van der Waals surface area contributed by atoms with Gasteiger partial charge in [0.15, 0.2) is 0 Å². The van der Waals surface area contributed by atoms with E-state index in [0.29, 0.717) is 31.0 Å². The van der Waals surface area contributed by atoms with Crippen LogP contribution in [0.25, 0.3) is 11.3 Å². The van der Waals surface area contributed by atoms with Crippen LogP contribution in [0, 0.1) is 0 Å². The molecule has 2 saturated heterocycles. The highest BCUT2D eigenvalue weighted by Crippen LogP contribution is 2.34. The SMILES string of the molecule is CCCOc1ccccc1-c1cc(C(=O)N2CCC[C@]3(C)NC(=O)CCC[C@H]23)[nH]n1. The fourth-order valence-corrected chi connectivity index (χ4v) is 4.72. The van der Waals surface area contributed by atoms with Gasteiger partial charge >= 0.3 is 0 Å². The number of aromatic amines is 1. The predicted molar refractivity (Wildman–Crippen MR) is 114 cm³/mol. The molecule has 0 spiro atoms. The standard InChI is InChI=1S/C23H30N4O3/c1-3-14-30-19-9-5-4-8-16(19)17-15-18(26-25-17)22(29)27-13-7-12-23(2)20(27)10-6-11-21(28)24-23/h4-5,8-9,15,20H,3,6-7,10-14H2,1-2H3,(H,24,28)(H,25,26)/t20-,23-/m0/s1. The number of fused-ring (bicyclic) bond motifs is 1. The third-order valence-corrected chi connectivity index (χ3v) is 6.21. The summed E-state index contributed by atoms with van der Waals surface area (Å²) >= 11 is 0. The molecule has 2 N–H and O–H groups in total. The molecule has 0 radical (unpaired) electrons. The quantitative estimate of drug-likeness (QED) is 0.789. The van der Waals surface area contributed by atoms with E-state index in [1.165, 1.54) is 0 Å². The summed E-state index contributed by atoms with van der Waals surface area (Å²) in [7, 11) is 0. The van der Waals surface area contributed by atoms with Gasteiger partial charge in [-0.2, -0.15) is 5.10 Å². The third kappa shape index (κ3) is 3.93. The van der Waals surface area contributed by atoms with Gasteiger partial charge in [0.2, 0.25) is 5.91 Å². The van der Waals surface area contributed by atoms with E-state index in [0.717, 1.165) is 43.4 Å². The Bertz CT molecular complexity index is 925. The van der Waals surface area contributed by atoms with Gasteiger partial charge in [0.25, 0.3) is 5.91 Å². The van der Waals surface area contributed by atoms with Crippen LogP contribution in [-0.2, 0) is 4.79 Å². The van der Waals surface area contributed by atoms with Crippen LogP contribution in [0.5, 0.6) is 5.75 Å². The number of benzene rings is 1. The molecule has 2 aromatic rings. The zero-order chi connectivity index (χ0) is 21.1. The van der Waals surface area contributed by atoms with Crippen LogP contribution < -0.4 is 10.1 Å². The number of carbonyl (C=O) groups excluding carboxylic acids is 2. The monoisotopic (exact) mass is 410 g/mol. The van der Waals surface area contributed by atoms with Crippen LogP contribution in [0.15, 0.2) is 30.3 Å². The van der Waals surface area contributed by atoms with Crippen LogP contribution in [0.4, 0.5) is 0 Å². The Morgan fingerprint density at radius 2 is 2.17 bits per heavy atom. The number of amides is 2. The second-order valence-electron chi connectivity index (χ2n) is 8.49. The highest BCUT2D eigenvalue weighted by molar-refractivity contribution is 5.94. The molecule has 2 aliphatic rings. The molecule has 0 unspecified atom stereocenters. The molecule has 1 aromatic carbocycles. The number of para-hydroxylation sites is 1. The number of rotatable bonds is 5. The van der Waals surface area contributed by atoms with Crippen molar-refractivity contribution in [2.45, 2.75) is 64.0 Å². The fraction of sp³-hybridized carbons (Fsp3) is 0.522. The van der Waals surface area contributed by atoms with Crippen LogP contribution in [0.3, 0.4) is 0 Å². The maximum absolute atomic E-state index is 13.4. The molecule has 2 amide bonds. The van der Waals surface area contributed by atoms with Crippen molar-refractivity contribution >= 4 is 11.8 Å². The van der Waals surface area contributed by atoms with Crippen molar-refractivity contribution in [3.05, 3.63) is 36.0 Å². The van der Waals surface area contributed by atoms with Crippen LogP contribution in [0.2, 0.25) is 0 Å². The van der Waals surface area contributed by atoms with E-state index in [1.807, 2.05) is 29.2 Å². The van der Waals surface area contributed by atoms with Gasteiger partial charge in [0.05, 0.1) is 23.9 Å². The Morgan fingerprint density at radius 1 is 1.33 bits per heavy atom. The summed E-state index contributed by atoms with van der Waals surface area (Å²) < 4.78 is 5.85. The molecule has 4 rings (SSSR count). The van der Waals surface area contributed by atoms with Crippen molar-refractivity contribution in [2.75, 3.05) is 13.2 Å². The number of hydrogen-bond acceptors (Lipinski definition) is 4. The highest BCUT2D eigenvalue weighted by atomic mass is 16.5. The Labute approximate surface area is 177 Å². The van der Waals surface area contributed by atoms with Crippen molar-refractivity contribution in [3.63, 3.8) is 0 Å². The highest BCUT2D eigenvalue weighted by Gasteiger charge is 2.45. The summed E-state index contributed by atoms with van der Waals surface area (Å²) in [6, 6.07) is 9.55. The minimum Gasteiger partial charge on any atom is -0.493 e. The number of ether oxygens (including phenoxy) is 1. The van der Waals surface area contributed by atoms with Gasteiger partial charge in [0, 0.05) is 18.5 Å². The molecule has 0 aliphatic carbocycles. The number of hydrogen-bond donors (Lipinski definition) is 2. The maximum atomic E-state index is 13.4. The van der Waals surface area contributed by atoms with Gasteiger partial charge in [-0.15, -0.1) is 0 Å². The molecule has 2 aliphatic heterocycles. The van der Waals surface area contributed by atoms with Gasteiger partial charge in [0.1, 0.15) is 11.4 Å². The number of nitrogens with zero attached hydrogens (tertiary/aromatic N) is 2. The average Bonchev–Trinajstić information content (AvgIpc) is 3.17. The van der Waals surface area contributed by atoms with Crippen molar-refractivity contribution in [1.82, 2.24) is 20.4 Å². The third-order valence-electron chi connectivity index (χ3n) is 6.21. The second kappa shape index (κ2) is 8.50. The number of piperidine rings is 1. The van der Waals surface area contributed by atoms with E-state index in [2.05, 4.69) is 29.4 Å². The van der Waals surface area contributed by atoms with Crippen LogP contribution in [0.1, 0.15) is 62.9 Å². The topological polar surface area (TPSA) is 87.3 Å². The van der Waals surface area contributed by atoms with Crippen molar-refractivity contribution in [3.8, 4) is 17.0 Å². The molecule has 1 aromatic heterocycles. The smallest absolute Gasteiger partial charge is 0.272 e. The number of nitrogens with one attached hydrogen (secondary N) is 2. The van der Waals surface area contributed by atoms with Gasteiger partial charge in [-0.25, -0.2) is 0 Å². The summed E-state index contributed by atoms with van der Waals surface area (Å²) in [6.07, 6.45) is 4.83. The largest absolute Gasteiger partial charge is 0.493 e. The number of H-pyrrole nitrogens is 1. The summed E-state index contributed by atoms with van der Waals surface area (Å²) in [5.41, 5.74) is 1.66. The number of likely N-dealkylation sites (tertiary alicyclic amines) is 1. The molecule has 2 atom stereocenters. The van der Waals surface area contributed by atoms with E-state index >= 15 is 0 Å². The first kappa shape index (κ1) is 20.4. The molecule has 3 heterocycles. The van der Waals surface area contributed by atoms with Gasteiger partial charge < -0.3 is 15.0 Å². The number of carbonyl (C=O) groups is 2. The summed E-state index contributed by atoms with van der Waals surface area (Å²) in [6.45, 7) is 5.46. The van der Waals surface area contributed by atoms with Gasteiger partial charge in [-0.3, -0.25) is 14.7 Å². The zero-order valence-electron chi connectivity index (χ0n) is 17.7. The molecule has 0 saturated carbocycles. The molecular weight excluding hydrogens is 380 g/mol. The van der Waals surface area contributed by atoms with Gasteiger partial charge in [-0.05, 0) is 57.2 Å². The van der Waals surface area contributed by atoms with Gasteiger partial charge in [-0.1, -0.05) is 19.1 Å². The first-order valence-electron chi connectivity index (χ1n) is 10.9. The zero-order valence-corrected chi connectivity index (χ0v) is 17.7. The minimum absolute atomic E-state index is 0.00266. The molecule has 7 nitrogen and oxygen atoms in total. The molecule has 30 heavy (non-hydrogen) atoms. The van der Waals surface area contributed by atoms with Crippen molar-refractivity contribution in [1.29, 1.82) is 0 Å².